The molecule has 1 heterocycles. The van der Waals surface area contributed by atoms with Crippen LogP contribution in [0, 0.1) is 0 Å². The fourth-order valence-electron chi connectivity index (χ4n) is 3.59. The standard InChI is InChI=1S/C19H31NO/c1-2-3-4-8-14-19(17-11-6-5-7-12-17)20-15-10-9-13-18(20)16-21/h5-7,11-12,18-19,21H,2-4,8-10,13-16H2,1H3/t18-,19+/m0/s1. The van der Waals surface area contributed by atoms with Crippen molar-refractivity contribution < 1.29 is 5.11 Å². The number of likely N-dealkylation sites (tertiary alicyclic amines) is 1. The monoisotopic (exact) mass is 289 g/mol. The molecule has 1 N–H and O–H groups in total. The topological polar surface area (TPSA) is 23.5 Å². The van der Waals surface area contributed by atoms with Crippen molar-refractivity contribution in [2.24, 2.45) is 0 Å². The Morgan fingerprint density at radius 2 is 1.95 bits per heavy atom. The minimum Gasteiger partial charge on any atom is -0.395 e. The van der Waals surface area contributed by atoms with Crippen molar-refractivity contribution in [3.63, 3.8) is 0 Å². The first-order chi connectivity index (χ1) is 10.4. The zero-order valence-electron chi connectivity index (χ0n) is 13.5. The Labute approximate surface area is 130 Å². The van der Waals surface area contributed by atoms with Gasteiger partial charge in [0.05, 0.1) is 6.61 Å². The van der Waals surface area contributed by atoms with E-state index in [2.05, 4.69) is 42.2 Å². The number of aliphatic hydroxyl groups is 1. The van der Waals surface area contributed by atoms with E-state index in [1.165, 1.54) is 50.5 Å². The number of piperidine rings is 1. The Morgan fingerprint density at radius 3 is 2.67 bits per heavy atom. The summed E-state index contributed by atoms with van der Waals surface area (Å²) in [6, 6.07) is 11.7. The van der Waals surface area contributed by atoms with Gasteiger partial charge in [-0.3, -0.25) is 4.90 Å². The van der Waals surface area contributed by atoms with Crippen LogP contribution in [0.2, 0.25) is 0 Å². The molecule has 1 aromatic carbocycles. The zero-order chi connectivity index (χ0) is 14.9. The summed E-state index contributed by atoms with van der Waals surface area (Å²) >= 11 is 0. The minimum atomic E-state index is 0.304. The Morgan fingerprint density at radius 1 is 1.14 bits per heavy atom. The van der Waals surface area contributed by atoms with Crippen LogP contribution in [0.3, 0.4) is 0 Å². The van der Waals surface area contributed by atoms with Crippen LogP contribution in [-0.2, 0) is 0 Å². The lowest BCUT2D eigenvalue weighted by Crippen LogP contribution is -2.44. The van der Waals surface area contributed by atoms with Crippen LogP contribution >= 0.6 is 0 Å². The van der Waals surface area contributed by atoms with Gasteiger partial charge in [-0.25, -0.2) is 0 Å². The normalized spacial score (nSPS) is 21.3. The summed E-state index contributed by atoms with van der Waals surface area (Å²) in [6.45, 7) is 3.71. The summed E-state index contributed by atoms with van der Waals surface area (Å²) in [5.74, 6) is 0. The van der Waals surface area contributed by atoms with E-state index in [0.29, 0.717) is 18.7 Å². The number of benzene rings is 1. The fraction of sp³-hybridized carbons (Fsp3) is 0.684. The van der Waals surface area contributed by atoms with E-state index >= 15 is 0 Å². The molecule has 21 heavy (non-hydrogen) atoms. The molecule has 0 bridgehead atoms. The fourth-order valence-corrected chi connectivity index (χ4v) is 3.59. The van der Waals surface area contributed by atoms with Crippen LogP contribution in [0.25, 0.3) is 0 Å². The van der Waals surface area contributed by atoms with E-state index in [9.17, 15) is 5.11 Å². The molecular weight excluding hydrogens is 258 g/mol. The summed E-state index contributed by atoms with van der Waals surface area (Å²) in [6.07, 6.45) is 10.2. The Kier molecular flexibility index (Phi) is 7.25. The SMILES string of the molecule is CCCCCC[C@H](c1ccccc1)N1CCCC[C@H]1CO. The molecule has 1 fully saturated rings. The highest BCUT2D eigenvalue weighted by molar-refractivity contribution is 5.19. The number of hydrogen-bond donors (Lipinski definition) is 1. The third-order valence-electron chi connectivity index (χ3n) is 4.80. The predicted molar refractivity (Wildman–Crippen MR) is 89.4 cm³/mol. The van der Waals surface area contributed by atoms with Gasteiger partial charge >= 0.3 is 0 Å². The minimum absolute atomic E-state index is 0.304. The summed E-state index contributed by atoms with van der Waals surface area (Å²) in [5, 5.41) is 9.73. The van der Waals surface area contributed by atoms with Gasteiger partial charge in [0.15, 0.2) is 0 Å². The second-order valence-corrected chi connectivity index (χ2v) is 6.35. The molecule has 0 radical (unpaired) electrons. The van der Waals surface area contributed by atoms with Gasteiger partial charge in [-0.05, 0) is 31.4 Å². The van der Waals surface area contributed by atoms with Crippen LogP contribution in [0.5, 0.6) is 0 Å². The molecule has 0 aliphatic carbocycles. The molecule has 118 valence electrons. The molecule has 1 aliphatic rings. The molecule has 0 saturated carbocycles. The predicted octanol–water partition coefficient (Wildman–Crippen LogP) is 4.54. The summed E-state index contributed by atoms with van der Waals surface area (Å²) in [7, 11) is 0. The Hall–Kier alpha value is -0.860. The molecule has 1 saturated heterocycles. The van der Waals surface area contributed by atoms with E-state index in [1.54, 1.807) is 0 Å². The van der Waals surface area contributed by atoms with Gasteiger partial charge in [0.25, 0.3) is 0 Å². The maximum absolute atomic E-state index is 9.73. The van der Waals surface area contributed by atoms with Crippen LogP contribution < -0.4 is 0 Å². The van der Waals surface area contributed by atoms with Gasteiger partial charge in [0.1, 0.15) is 0 Å². The molecule has 2 heteroatoms. The van der Waals surface area contributed by atoms with Crippen LogP contribution in [0.15, 0.2) is 30.3 Å². The first-order valence-corrected chi connectivity index (χ1v) is 8.78. The molecule has 0 aromatic heterocycles. The number of nitrogens with zero attached hydrogens (tertiary/aromatic N) is 1. The number of unbranched alkanes of at least 4 members (excludes halogenated alkanes) is 3. The van der Waals surface area contributed by atoms with Crippen LogP contribution in [0.4, 0.5) is 0 Å². The van der Waals surface area contributed by atoms with Crippen molar-refractivity contribution in [2.45, 2.75) is 70.4 Å². The highest BCUT2D eigenvalue weighted by Gasteiger charge is 2.28. The molecule has 1 aromatic rings. The zero-order valence-corrected chi connectivity index (χ0v) is 13.5. The summed E-state index contributed by atoms with van der Waals surface area (Å²) < 4.78 is 0. The molecule has 0 unspecified atom stereocenters. The van der Waals surface area contributed by atoms with Crippen molar-refractivity contribution in [1.29, 1.82) is 0 Å². The smallest absolute Gasteiger partial charge is 0.0587 e. The van der Waals surface area contributed by atoms with E-state index in [1.807, 2.05) is 0 Å². The maximum Gasteiger partial charge on any atom is 0.0587 e. The highest BCUT2D eigenvalue weighted by atomic mass is 16.3. The van der Waals surface area contributed by atoms with Gasteiger partial charge in [0, 0.05) is 12.1 Å². The summed E-state index contributed by atoms with van der Waals surface area (Å²) in [5.41, 5.74) is 1.43. The van der Waals surface area contributed by atoms with Crippen molar-refractivity contribution in [2.75, 3.05) is 13.2 Å². The van der Waals surface area contributed by atoms with E-state index in [-0.39, 0.29) is 0 Å². The molecule has 2 rings (SSSR count). The van der Waals surface area contributed by atoms with Crippen molar-refractivity contribution in [1.82, 2.24) is 4.90 Å². The lowest BCUT2D eigenvalue weighted by atomic mass is 9.93. The quantitative estimate of drug-likeness (QED) is 0.710. The molecule has 2 atom stereocenters. The molecule has 2 nitrogen and oxygen atoms in total. The van der Waals surface area contributed by atoms with Gasteiger partial charge in [-0.2, -0.15) is 0 Å². The molecular formula is C19H31NO. The number of rotatable bonds is 8. The van der Waals surface area contributed by atoms with E-state index < -0.39 is 0 Å². The summed E-state index contributed by atoms with van der Waals surface area (Å²) in [4.78, 5) is 2.57. The van der Waals surface area contributed by atoms with E-state index in [0.717, 1.165) is 13.0 Å². The van der Waals surface area contributed by atoms with Gasteiger partial charge in [-0.1, -0.05) is 69.4 Å². The number of hydrogen-bond acceptors (Lipinski definition) is 2. The molecule has 1 aliphatic heterocycles. The number of aliphatic hydroxyl groups excluding tert-OH is 1. The lowest BCUT2D eigenvalue weighted by molar-refractivity contribution is 0.0479. The van der Waals surface area contributed by atoms with Gasteiger partial charge in [0.2, 0.25) is 0 Å². The highest BCUT2D eigenvalue weighted by Crippen LogP contribution is 2.32. The third kappa shape index (κ3) is 4.82. The maximum atomic E-state index is 9.73. The second-order valence-electron chi connectivity index (χ2n) is 6.35. The van der Waals surface area contributed by atoms with Crippen molar-refractivity contribution in [3.05, 3.63) is 35.9 Å². The van der Waals surface area contributed by atoms with E-state index in [4.69, 9.17) is 0 Å². The van der Waals surface area contributed by atoms with Crippen molar-refractivity contribution in [3.8, 4) is 0 Å². The first-order valence-electron chi connectivity index (χ1n) is 8.78. The molecule has 0 amide bonds. The second kappa shape index (κ2) is 9.22. The first kappa shape index (κ1) is 16.5. The van der Waals surface area contributed by atoms with Crippen LogP contribution in [-0.4, -0.2) is 29.2 Å². The average Bonchev–Trinajstić information content (AvgIpc) is 2.56. The van der Waals surface area contributed by atoms with Gasteiger partial charge < -0.3 is 5.11 Å². The molecule has 0 spiro atoms. The Balaban J connectivity index is 2.06. The van der Waals surface area contributed by atoms with Gasteiger partial charge in [-0.15, -0.1) is 0 Å². The largest absolute Gasteiger partial charge is 0.395 e. The van der Waals surface area contributed by atoms with Crippen molar-refractivity contribution >= 4 is 0 Å². The van der Waals surface area contributed by atoms with Crippen LogP contribution in [0.1, 0.15) is 69.9 Å². The Bertz CT molecular complexity index is 378. The lowest BCUT2D eigenvalue weighted by Gasteiger charge is -2.41. The average molecular weight is 289 g/mol. The third-order valence-corrected chi connectivity index (χ3v) is 4.80.